The molecule has 1 unspecified atom stereocenters. The number of nitrogens with zero attached hydrogens (tertiary/aromatic N) is 1. The van der Waals surface area contributed by atoms with Crippen molar-refractivity contribution >= 4 is 18.9 Å². The van der Waals surface area contributed by atoms with Gasteiger partial charge in [-0.25, -0.2) is 0 Å². The Labute approximate surface area is 159 Å². The molecule has 0 fully saturated rings. The highest BCUT2D eigenvalue weighted by Crippen LogP contribution is 2.62. The van der Waals surface area contributed by atoms with Gasteiger partial charge < -0.3 is 0 Å². The number of pyridine rings is 1. The van der Waals surface area contributed by atoms with Crippen molar-refractivity contribution in [2.24, 2.45) is 0 Å². The van der Waals surface area contributed by atoms with E-state index in [0.717, 1.165) is 0 Å². The number of hydrogen-bond donors (Lipinski definition) is 0. The standard InChI is InChI=1S/C23H20NPS/c1-2-9-17(10-3-1)25-22(20-13-6-7-15-24-20)18-11-4-5-12-19(18)23(25)21-14-8-16-26-21/h1-3,6-10,13-16H,4-5,11-12H2. The molecule has 26 heavy (non-hydrogen) atoms. The Hall–Kier alpha value is -2.15. The minimum Gasteiger partial charge on any atom is -0.256 e. The van der Waals surface area contributed by atoms with Crippen molar-refractivity contribution in [2.75, 3.05) is 0 Å². The van der Waals surface area contributed by atoms with Gasteiger partial charge in [-0.1, -0.05) is 50.0 Å². The minimum absolute atomic E-state index is 0.537. The van der Waals surface area contributed by atoms with Gasteiger partial charge in [0.2, 0.25) is 0 Å². The second-order valence-electron chi connectivity index (χ2n) is 6.72. The summed E-state index contributed by atoms with van der Waals surface area (Å²) in [5.74, 6) is 0. The highest BCUT2D eigenvalue weighted by atomic mass is 32.1. The van der Waals surface area contributed by atoms with Crippen LogP contribution in [0.1, 0.15) is 24.0 Å². The zero-order valence-corrected chi connectivity index (χ0v) is 16.3. The molecule has 0 saturated heterocycles. The predicted octanol–water partition coefficient (Wildman–Crippen LogP) is 7.33. The van der Waals surface area contributed by atoms with E-state index < -0.39 is 7.53 Å². The normalized spacial score (nSPS) is 14.2. The van der Waals surface area contributed by atoms with Gasteiger partial charge in [-0.2, -0.15) is 0 Å². The lowest BCUT2D eigenvalue weighted by molar-refractivity contribution is 0.692. The lowest BCUT2D eigenvalue weighted by Gasteiger charge is -2.14. The van der Waals surface area contributed by atoms with Crippen LogP contribution >= 0.6 is 18.9 Å². The fourth-order valence-electron chi connectivity index (χ4n) is 4.09. The van der Waals surface area contributed by atoms with Crippen molar-refractivity contribution in [3.8, 4) is 26.5 Å². The van der Waals surface area contributed by atoms with Gasteiger partial charge in [0.25, 0.3) is 0 Å². The molecule has 1 atom stereocenters. The van der Waals surface area contributed by atoms with Crippen LogP contribution in [0.5, 0.6) is 0 Å². The van der Waals surface area contributed by atoms with Crippen molar-refractivity contribution in [2.45, 2.75) is 25.7 Å². The summed E-state index contributed by atoms with van der Waals surface area (Å²) in [4.78, 5) is 6.22. The van der Waals surface area contributed by atoms with E-state index >= 15 is 0 Å². The Kier molecular flexibility index (Phi) is 4.24. The van der Waals surface area contributed by atoms with Gasteiger partial charge in [0, 0.05) is 21.7 Å². The molecule has 0 aliphatic heterocycles. The molecule has 1 aliphatic rings. The van der Waals surface area contributed by atoms with Crippen LogP contribution in [0.25, 0.3) is 26.5 Å². The van der Waals surface area contributed by atoms with E-state index in [1.165, 1.54) is 46.9 Å². The molecule has 1 nitrogen and oxygen atoms in total. The zero-order chi connectivity index (χ0) is 17.3. The van der Waals surface area contributed by atoms with Crippen molar-refractivity contribution < 1.29 is 0 Å². The molecule has 0 spiro atoms. The highest BCUT2D eigenvalue weighted by molar-refractivity contribution is 7.64. The number of fused-ring (bicyclic) bond motifs is 1. The average Bonchev–Trinajstić information content (AvgIpc) is 3.35. The maximum Gasteiger partial charge on any atom is 0.0747 e. The summed E-state index contributed by atoms with van der Waals surface area (Å²) < 4.78 is 0. The van der Waals surface area contributed by atoms with Crippen LogP contribution in [0.2, 0.25) is 0 Å². The van der Waals surface area contributed by atoms with Gasteiger partial charge in [-0.05, 0) is 65.7 Å². The van der Waals surface area contributed by atoms with Gasteiger partial charge >= 0.3 is 0 Å². The molecule has 3 heteroatoms. The van der Waals surface area contributed by atoms with Gasteiger partial charge in [-0.15, -0.1) is 11.3 Å². The number of rotatable bonds is 3. The molecular weight excluding hydrogens is 353 g/mol. The number of aromatic nitrogens is 1. The van der Waals surface area contributed by atoms with E-state index in [1.807, 2.05) is 23.6 Å². The zero-order valence-electron chi connectivity index (χ0n) is 14.6. The third-order valence-corrected chi connectivity index (χ3v) is 8.92. The first-order chi connectivity index (χ1) is 12.9. The monoisotopic (exact) mass is 373 g/mol. The molecular formula is C23H20NPS. The molecule has 128 valence electrons. The van der Waals surface area contributed by atoms with Crippen LogP contribution in [0.15, 0.2) is 72.2 Å². The first kappa shape index (κ1) is 16.1. The molecule has 4 aromatic rings. The Balaban J connectivity index is 1.89. The highest BCUT2D eigenvalue weighted by Gasteiger charge is 2.28. The Bertz CT molecular complexity index is 1020. The third-order valence-electron chi connectivity index (χ3n) is 5.16. The summed E-state index contributed by atoms with van der Waals surface area (Å²) in [6.07, 6.45) is 6.95. The van der Waals surface area contributed by atoms with Gasteiger partial charge in [-0.3, -0.25) is 4.98 Å². The summed E-state index contributed by atoms with van der Waals surface area (Å²) in [5.41, 5.74) is 4.38. The Morgan fingerprint density at radius 2 is 1.54 bits per heavy atom. The largest absolute Gasteiger partial charge is 0.256 e. The predicted molar refractivity (Wildman–Crippen MR) is 114 cm³/mol. The number of thiophene rings is 1. The van der Waals surface area contributed by atoms with Crippen molar-refractivity contribution in [3.05, 3.63) is 83.4 Å². The molecule has 0 saturated carbocycles. The van der Waals surface area contributed by atoms with E-state index in [0.29, 0.717) is 0 Å². The second-order valence-corrected chi connectivity index (χ2v) is 9.75. The van der Waals surface area contributed by atoms with Crippen LogP contribution in [0.4, 0.5) is 0 Å². The second kappa shape index (κ2) is 6.87. The topological polar surface area (TPSA) is 12.9 Å². The lowest BCUT2D eigenvalue weighted by atomic mass is 9.91. The van der Waals surface area contributed by atoms with Crippen LogP contribution in [0, 0.1) is 0 Å². The smallest absolute Gasteiger partial charge is 0.0747 e. The quantitative estimate of drug-likeness (QED) is 0.366. The van der Waals surface area contributed by atoms with Gasteiger partial charge in [0.05, 0.1) is 5.69 Å². The first-order valence-corrected chi connectivity index (χ1v) is 11.4. The molecule has 1 aliphatic carbocycles. The van der Waals surface area contributed by atoms with Crippen LogP contribution in [0.3, 0.4) is 0 Å². The maximum atomic E-state index is 4.78. The Morgan fingerprint density at radius 1 is 0.769 bits per heavy atom. The molecule has 0 radical (unpaired) electrons. The van der Waals surface area contributed by atoms with Crippen molar-refractivity contribution in [3.63, 3.8) is 0 Å². The van der Waals surface area contributed by atoms with E-state index in [2.05, 4.69) is 60.0 Å². The fraction of sp³-hybridized carbons (Fsp3) is 0.174. The molecule has 3 heterocycles. The van der Waals surface area contributed by atoms with Crippen molar-refractivity contribution in [1.29, 1.82) is 0 Å². The molecule has 1 aromatic carbocycles. The van der Waals surface area contributed by atoms with Crippen molar-refractivity contribution in [1.82, 2.24) is 4.98 Å². The summed E-state index contributed by atoms with van der Waals surface area (Å²) in [5, 5.41) is 6.75. The summed E-state index contributed by atoms with van der Waals surface area (Å²) in [7, 11) is -0.537. The van der Waals surface area contributed by atoms with Crippen LogP contribution < -0.4 is 0 Å². The minimum atomic E-state index is -0.537. The number of hydrogen-bond acceptors (Lipinski definition) is 2. The van der Waals surface area contributed by atoms with Crippen LogP contribution in [-0.4, -0.2) is 4.98 Å². The maximum absolute atomic E-state index is 4.78. The third kappa shape index (κ3) is 2.65. The van der Waals surface area contributed by atoms with E-state index in [1.54, 1.807) is 16.4 Å². The Morgan fingerprint density at radius 3 is 2.23 bits per heavy atom. The molecule has 5 rings (SSSR count). The van der Waals surface area contributed by atoms with E-state index in [-0.39, 0.29) is 0 Å². The molecule has 0 amide bonds. The fourth-order valence-corrected chi connectivity index (χ4v) is 8.12. The van der Waals surface area contributed by atoms with Gasteiger partial charge in [0.15, 0.2) is 0 Å². The summed E-state index contributed by atoms with van der Waals surface area (Å²) >= 11 is 1.88. The van der Waals surface area contributed by atoms with Gasteiger partial charge in [0.1, 0.15) is 0 Å². The summed E-state index contributed by atoms with van der Waals surface area (Å²) in [6, 6.07) is 21.9. The van der Waals surface area contributed by atoms with E-state index in [9.17, 15) is 0 Å². The first-order valence-electron chi connectivity index (χ1n) is 9.20. The van der Waals surface area contributed by atoms with E-state index in [4.69, 9.17) is 4.98 Å². The molecule has 0 N–H and O–H groups in total. The molecule has 0 bridgehead atoms. The SMILES string of the molecule is c1ccc(-p2c(-c3ccccn3)c3c(c2-c2cccs2)CCCC3)cc1. The van der Waals surface area contributed by atoms with Crippen LogP contribution in [-0.2, 0) is 12.8 Å². The average molecular weight is 373 g/mol. The number of benzene rings is 1. The molecule has 3 aromatic heterocycles. The summed E-state index contributed by atoms with van der Waals surface area (Å²) in [6.45, 7) is 0. The lowest BCUT2D eigenvalue weighted by Crippen LogP contribution is -2.01.